The Bertz CT molecular complexity index is 484. The van der Waals surface area contributed by atoms with Gasteiger partial charge in [-0.1, -0.05) is 0 Å². The first-order chi connectivity index (χ1) is 12.4. The van der Waals surface area contributed by atoms with Crippen LogP contribution in [0.3, 0.4) is 0 Å². The largest absolute Gasteiger partial charge is 0.508 e. The molecular formula is C18H28O8. The first-order valence-corrected chi connectivity index (χ1v) is 8.80. The highest BCUT2D eigenvalue weighted by Gasteiger charge is 2.10. The van der Waals surface area contributed by atoms with Crippen molar-refractivity contribution in [3.05, 3.63) is 0 Å². The third-order valence-electron chi connectivity index (χ3n) is 3.54. The molecule has 0 aliphatic rings. The Morgan fingerprint density at radius 3 is 1.65 bits per heavy atom. The van der Waals surface area contributed by atoms with Gasteiger partial charge in [0.25, 0.3) is 0 Å². The van der Waals surface area contributed by atoms with E-state index in [2.05, 4.69) is 14.2 Å². The van der Waals surface area contributed by atoms with Crippen molar-refractivity contribution >= 4 is 29.5 Å². The first kappa shape index (κ1) is 23.8. The van der Waals surface area contributed by atoms with Crippen LogP contribution in [-0.4, -0.2) is 49.8 Å². The zero-order valence-corrected chi connectivity index (χ0v) is 15.5. The molecule has 0 aromatic rings. The smallest absolute Gasteiger partial charge is 0.469 e. The minimum absolute atomic E-state index is 0.0281. The standard InChI is InChI=1S/C18H28O8/c1-3-25-18(23)26-13-12-16(21)9-8-14(19)6-4-5-7-15(20)10-11-17(22)24-2/h3-13H2,1-2H3. The van der Waals surface area contributed by atoms with Crippen molar-refractivity contribution in [1.29, 1.82) is 0 Å². The lowest BCUT2D eigenvalue weighted by Crippen LogP contribution is -2.12. The second-order valence-corrected chi connectivity index (χ2v) is 5.68. The van der Waals surface area contributed by atoms with Gasteiger partial charge in [0, 0.05) is 38.5 Å². The summed E-state index contributed by atoms with van der Waals surface area (Å²) in [4.78, 5) is 56.7. The van der Waals surface area contributed by atoms with E-state index in [9.17, 15) is 24.0 Å². The summed E-state index contributed by atoms with van der Waals surface area (Å²) in [5.74, 6) is -0.627. The van der Waals surface area contributed by atoms with Crippen LogP contribution in [-0.2, 0) is 33.4 Å². The number of Topliss-reactive ketones (excluding diaryl/α,β-unsaturated/α-hetero) is 3. The third-order valence-corrected chi connectivity index (χ3v) is 3.54. The molecule has 0 unspecified atom stereocenters. The van der Waals surface area contributed by atoms with E-state index in [1.165, 1.54) is 7.11 Å². The van der Waals surface area contributed by atoms with E-state index in [-0.39, 0.29) is 62.7 Å². The van der Waals surface area contributed by atoms with Crippen molar-refractivity contribution in [2.75, 3.05) is 20.3 Å². The molecule has 0 aromatic heterocycles. The second-order valence-electron chi connectivity index (χ2n) is 5.68. The molecule has 0 spiro atoms. The number of carbonyl (C=O) groups excluding carboxylic acids is 5. The Kier molecular flexibility index (Phi) is 13.7. The van der Waals surface area contributed by atoms with Crippen LogP contribution in [0.1, 0.15) is 64.7 Å². The molecule has 0 saturated carbocycles. The SMILES string of the molecule is CCOC(=O)OCCC(=O)CCC(=O)CCCCC(=O)CCC(=O)OC. The van der Waals surface area contributed by atoms with Crippen molar-refractivity contribution in [2.24, 2.45) is 0 Å². The molecule has 0 saturated heterocycles. The number of esters is 1. The molecule has 0 N–H and O–H groups in total. The van der Waals surface area contributed by atoms with Crippen molar-refractivity contribution < 1.29 is 38.2 Å². The normalized spacial score (nSPS) is 10.1. The summed E-state index contributed by atoms with van der Waals surface area (Å²) in [7, 11) is 1.27. The molecular weight excluding hydrogens is 344 g/mol. The quantitative estimate of drug-likeness (QED) is 0.318. The van der Waals surface area contributed by atoms with E-state index < -0.39 is 12.1 Å². The van der Waals surface area contributed by atoms with Gasteiger partial charge in [0.15, 0.2) is 0 Å². The van der Waals surface area contributed by atoms with Gasteiger partial charge >= 0.3 is 12.1 Å². The van der Waals surface area contributed by atoms with Gasteiger partial charge in [-0.25, -0.2) is 4.79 Å². The van der Waals surface area contributed by atoms with Gasteiger partial charge in [0.05, 0.1) is 20.1 Å². The number of hydrogen-bond acceptors (Lipinski definition) is 8. The maximum absolute atomic E-state index is 11.7. The van der Waals surface area contributed by atoms with Crippen molar-refractivity contribution in [1.82, 2.24) is 0 Å². The molecule has 8 nitrogen and oxygen atoms in total. The lowest BCUT2D eigenvalue weighted by Gasteiger charge is -2.04. The Morgan fingerprint density at radius 2 is 1.15 bits per heavy atom. The third kappa shape index (κ3) is 14.1. The summed E-state index contributed by atoms with van der Waals surface area (Å²) < 4.78 is 13.7. The average Bonchev–Trinajstić information content (AvgIpc) is 2.61. The van der Waals surface area contributed by atoms with Crippen molar-refractivity contribution in [2.45, 2.75) is 64.7 Å². The van der Waals surface area contributed by atoms with Gasteiger partial charge in [-0.05, 0) is 19.8 Å². The fourth-order valence-corrected chi connectivity index (χ4v) is 2.05. The highest BCUT2D eigenvalue weighted by Crippen LogP contribution is 2.08. The second kappa shape index (κ2) is 15.0. The number of unbranched alkanes of at least 4 members (excludes halogenated alkanes) is 1. The molecule has 0 amide bonds. The van der Waals surface area contributed by atoms with Crippen molar-refractivity contribution in [3.8, 4) is 0 Å². The van der Waals surface area contributed by atoms with E-state index in [1.807, 2.05) is 0 Å². The van der Waals surface area contributed by atoms with E-state index in [0.29, 0.717) is 25.7 Å². The van der Waals surface area contributed by atoms with Crippen LogP contribution >= 0.6 is 0 Å². The summed E-state index contributed by atoms with van der Waals surface area (Å²) in [5.41, 5.74) is 0. The number of carbonyl (C=O) groups is 5. The van der Waals surface area contributed by atoms with Crippen LogP contribution in [0.4, 0.5) is 4.79 Å². The molecule has 0 rings (SSSR count). The minimum Gasteiger partial charge on any atom is -0.469 e. The number of rotatable bonds is 15. The molecule has 8 heteroatoms. The Morgan fingerprint density at radius 1 is 0.654 bits per heavy atom. The maximum atomic E-state index is 11.7. The lowest BCUT2D eigenvalue weighted by atomic mass is 10.0. The fraction of sp³-hybridized carbons (Fsp3) is 0.722. The summed E-state index contributed by atoms with van der Waals surface area (Å²) in [6.45, 7) is 1.80. The Balaban J connectivity index is 3.64. The summed E-state index contributed by atoms with van der Waals surface area (Å²) >= 11 is 0. The van der Waals surface area contributed by atoms with Gasteiger partial charge < -0.3 is 14.2 Å². The summed E-state index contributed by atoms with van der Waals surface area (Å²) in [5, 5.41) is 0. The number of hydrogen-bond donors (Lipinski definition) is 0. The van der Waals surface area contributed by atoms with Crippen molar-refractivity contribution in [3.63, 3.8) is 0 Å². The topological polar surface area (TPSA) is 113 Å². The van der Waals surface area contributed by atoms with Crippen LogP contribution in [0.5, 0.6) is 0 Å². The predicted octanol–water partition coefficient (Wildman–Crippen LogP) is 2.55. The molecule has 26 heavy (non-hydrogen) atoms. The molecule has 0 heterocycles. The fourth-order valence-electron chi connectivity index (χ4n) is 2.05. The monoisotopic (exact) mass is 372 g/mol. The molecule has 0 bridgehead atoms. The molecule has 0 aliphatic heterocycles. The number of ether oxygens (including phenoxy) is 3. The Labute approximate surface area is 153 Å². The number of ketones is 3. The first-order valence-electron chi connectivity index (χ1n) is 8.80. The summed E-state index contributed by atoms with van der Waals surface area (Å²) in [6.07, 6.45) is 1.54. The molecule has 0 fully saturated rings. The van der Waals surface area contributed by atoms with Gasteiger partial charge in [-0.3, -0.25) is 19.2 Å². The zero-order chi connectivity index (χ0) is 19.8. The molecule has 0 radical (unpaired) electrons. The maximum Gasteiger partial charge on any atom is 0.508 e. The highest BCUT2D eigenvalue weighted by atomic mass is 16.7. The zero-order valence-electron chi connectivity index (χ0n) is 15.5. The van der Waals surface area contributed by atoms with E-state index in [4.69, 9.17) is 0 Å². The van der Waals surface area contributed by atoms with Crippen LogP contribution in [0.2, 0.25) is 0 Å². The highest BCUT2D eigenvalue weighted by molar-refractivity contribution is 5.86. The van der Waals surface area contributed by atoms with Crippen LogP contribution in [0.25, 0.3) is 0 Å². The van der Waals surface area contributed by atoms with E-state index >= 15 is 0 Å². The van der Waals surface area contributed by atoms with Crippen LogP contribution in [0, 0.1) is 0 Å². The molecule has 0 atom stereocenters. The Hall–Kier alpha value is -2.25. The average molecular weight is 372 g/mol. The van der Waals surface area contributed by atoms with E-state index in [0.717, 1.165) is 0 Å². The molecule has 0 aliphatic carbocycles. The van der Waals surface area contributed by atoms with Gasteiger partial charge in [-0.2, -0.15) is 0 Å². The predicted molar refractivity (Wildman–Crippen MR) is 91.6 cm³/mol. The van der Waals surface area contributed by atoms with Gasteiger partial charge in [0.1, 0.15) is 24.0 Å². The molecule has 0 aromatic carbocycles. The lowest BCUT2D eigenvalue weighted by molar-refractivity contribution is -0.142. The minimum atomic E-state index is -0.808. The molecule has 148 valence electrons. The number of methoxy groups -OCH3 is 1. The van der Waals surface area contributed by atoms with Crippen LogP contribution < -0.4 is 0 Å². The van der Waals surface area contributed by atoms with Gasteiger partial charge in [0.2, 0.25) is 0 Å². The van der Waals surface area contributed by atoms with Gasteiger partial charge in [-0.15, -0.1) is 0 Å². The van der Waals surface area contributed by atoms with Crippen LogP contribution in [0.15, 0.2) is 0 Å². The van der Waals surface area contributed by atoms with E-state index in [1.54, 1.807) is 6.92 Å². The summed E-state index contributed by atoms with van der Waals surface area (Å²) in [6, 6.07) is 0.